The Morgan fingerprint density at radius 1 is 0.500 bits per heavy atom. The minimum absolute atomic E-state index is 1.18. The summed E-state index contributed by atoms with van der Waals surface area (Å²) in [5, 5.41) is 7.84. The third-order valence-corrected chi connectivity index (χ3v) is 12.2. The highest BCUT2D eigenvalue weighted by molar-refractivity contribution is 7.19. The molecule has 2 heterocycles. The quantitative estimate of drug-likeness (QED) is 0.0610. The first-order valence-corrected chi connectivity index (χ1v) is 25.5. The van der Waals surface area contributed by atoms with Crippen molar-refractivity contribution in [2.24, 2.45) is 0 Å². The number of fused-ring (bicyclic) bond motifs is 4. The van der Waals surface area contributed by atoms with Gasteiger partial charge in [0, 0.05) is 41.1 Å². The Morgan fingerprint density at radius 2 is 0.886 bits per heavy atom. The molecule has 0 atom stereocenters. The smallest absolute Gasteiger partial charge is 0.129 e. The van der Waals surface area contributed by atoms with Gasteiger partial charge in [0.2, 0.25) is 0 Å². The summed E-state index contributed by atoms with van der Waals surface area (Å²) in [5.41, 5.74) is 9.90. The van der Waals surface area contributed by atoms with Crippen molar-refractivity contribution in [3.8, 4) is 22.9 Å². The van der Waals surface area contributed by atoms with Crippen molar-refractivity contribution in [2.45, 2.75) is 117 Å². The summed E-state index contributed by atoms with van der Waals surface area (Å²) in [5.74, 6) is 7.58. The molecule has 0 fully saturated rings. The van der Waals surface area contributed by atoms with Crippen LogP contribution in [-0.4, -0.2) is 16.1 Å². The van der Waals surface area contributed by atoms with Gasteiger partial charge in [0.1, 0.15) is 16.1 Å². The predicted octanol–water partition coefficient (Wildman–Crippen LogP) is 13.1. The van der Waals surface area contributed by atoms with Crippen LogP contribution in [0.3, 0.4) is 0 Å². The first-order valence-electron chi connectivity index (χ1n) is 16.9. The Hall–Kier alpha value is -2.35. The van der Waals surface area contributed by atoms with Crippen molar-refractivity contribution in [2.75, 3.05) is 0 Å². The van der Waals surface area contributed by atoms with Crippen molar-refractivity contribution in [1.29, 1.82) is 0 Å². The summed E-state index contributed by atoms with van der Waals surface area (Å²) < 4.78 is 2.77. The van der Waals surface area contributed by atoms with Crippen LogP contribution in [0.15, 0.2) is 36.4 Å². The normalized spacial score (nSPS) is 12.2. The first kappa shape index (κ1) is 33.0. The fraction of sp³-hybridized carbons (Fsp3) is 0.450. The third kappa shape index (κ3) is 8.08. The number of unbranched alkanes of at least 4 members (excludes halogenated alkanes) is 6. The van der Waals surface area contributed by atoms with Gasteiger partial charge >= 0.3 is 0 Å². The van der Waals surface area contributed by atoms with E-state index in [0.717, 1.165) is 0 Å². The van der Waals surface area contributed by atoms with E-state index < -0.39 is 16.1 Å². The number of thiophene rings is 2. The fourth-order valence-corrected chi connectivity index (χ4v) is 9.12. The van der Waals surface area contributed by atoms with Crippen LogP contribution in [0.2, 0.25) is 39.3 Å². The topological polar surface area (TPSA) is 0 Å². The molecule has 4 heteroatoms. The molecule has 5 rings (SSSR count). The molecule has 0 bridgehead atoms. The summed E-state index contributed by atoms with van der Waals surface area (Å²) >= 11 is 3.96. The highest BCUT2D eigenvalue weighted by Crippen LogP contribution is 2.40. The fourth-order valence-electron chi connectivity index (χ4n) is 5.87. The lowest BCUT2D eigenvalue weighted by molar-refractivity contribution is 0.670. The first-order chi connectivity index (χ1) is 21.0. The zero-order valence-corrected chi connectivity index (χ0v) is 32.0. The second kappa shape index (κ2) is 14.0. The Labute approximate surface area is 276 Å². The molecule has 0 aliphatic heterocycles. The van der Waals surface area contributed by atoms with Crippen molar-refractivity contribution >= 4 is 80.5 Å². The zero-order valence-electron chi connectivity index (χ0n) is 28.4. The van der Waals surface area contributed by atoms with Crippen molar-refractivity contribution < 1.29 is 0 Å². The molecule has 0 saturated heterocycles. The Balaban J connectivity index is 1.78. The molecule has 0 radical (unpaired) electrons. The molecule has 0 aliphatic rings. The highest BCUT2D eigenvalue weighted by Gasteiger charge is 2.18. The van der Waals surface area contributed by atoms with E-state index in [1.807, 2.05) is 22.7 Å². The monoisotopic (exact) mass is 650 g/mol. The largest absolute Gasteiger partial charge is 0.140 e. The number of benzene rings is 3. The number of hydrogen-bond donors (Lipinski definition) is 0. The van der Waals surface area contributed by atoms with Crippen LogP contribution in [0.4, 0.5) is 0 Å². The lowest BCUT2D eigenvalue weighted by Gasteiger charge is -2.13. The van der Waals surface area contributed by atoms with Gasteiger partial charge < -0.3 is 0 Å². The van der Waals surface area contributed by atoms with Gasteiger partial charge in [-0.3, -0.25) is 0 Å². The van der Waals surface area contributed by atoms with Crippen LogP contribution in [0.25, 0.3) is 41.7 Å². The van der Waals surface area contributed by atoms with E-state index in [0.29, 0.717) is 0 Å². The van der Waals surface area contributed by atoms with Gasteiger partial charge in [-0.2, -0.15) is 0 Å². The van der Waals surface area contributed by atoms with Crippen molar-refractivity contribution in [3.05, 3.63) is 57.3 Å². The summed E-state index contributed by atoms with van der Waals surface area (Å²) in [6.07, 6.45) is 12.8. The molecular formula is C40H50S2Si2. The van der Waals surface area contributed by atoms with Gasteiger partial charge in [-0.05, 0) is 83.6 Å². The van der Waals surface area contributed by atoms with Crippen LogP contribution in [0.1, 0.15) is 86.1 Å². The molecule has 0 spiro atoms. The van der Waals surface area contributed by atoms with Gasteiger partial charge in [0.05, 0.1) is 0 Å². The molecule has 0 nitrogen and oxygen atoms in total. The van der Waals surface area contributed by atoms with E-state index in [1.165, 1.54) is 127 Å². The van der Waals surface area contributed by atoms with E-state index in [4.69, 9.17) is 0 Å². The van der Waals surface area contributed by atoms with Crippen LogP contribution >= 0.6 is 22.7 Å². The van der Waals surface area contributed by atoms with E-state index in [1.54, 1.807) is 0 Å². The third-order valence-electron chi connectivity index (χ3n) is 8.17. The molecular weight excluding hydrogens is 601 g/mol. The molecule has 230 valence electrons. The molecule has 0 aliphatic carbocycles. The number of aryl methyl sites for hydroxylation is 2. The Bertz CT molecular complexity index is 1680. The van der Waals surface area contributed by atoms with E-state index in [9.17, 15) is 0 Å². The Kier molecular flexibility index (Phi) is 10.5. The van der Waals surface area contributed by atoms with E-state index in [2.05, 4.69) is 112 Å². The lowest BCUT2D eigenvalue weighted by atomic mass is 9.91. The van der Waals surface area contributed by atoms with Gasteiger partial charge in [-0.25, -0.2) is 0 Å². The van der Waals surface area contributed by atoms with Crippen molar-refractivity contribution in [1.82, 2.24) is 0 Å². The second-order valence-corrected chi connectivity index (χ2v) is 26.5. The number of hydrogen-bond acceptors (Lipinski definition) is 2. The van der Waals surface area contributed by atoms with Gasteiger partial charge in [-0.15, -0.1) is 33.8 Å². The van der Waals surface area contributed by atoms with E-state index >= 15 is 0 Å². The predicted molar refractivity (Wildman–Crippen MR) is 208 cm³/mol. The molecule has 3 aromatic carbocycles. The molecule has 5 aromatic rings. The minimum Gasteiger partial charge on any atom is -0.140 e. The van der Waals surface area contributed by atoms with Crippen LogP contribution < -0.4 is 0 Å². The number of rotatable bonds is 10. The molecule has 0 saturated carbocycles. The van der Waals surface area contributed by atoms with Gasteiger partial charge in [-0.1, -0.05) is 103 Å². The summed E-state index contributed by atoms with van der Waals surface area (Å²) in [4.78, 5) is 3.01. The van der Waals surface area contributed by atoms with Crippen LogP contribution in [-0.2, 0) is 12.8 Å². The Morgan fingerprint density at radius 3 is 1.25 bits per heavy atom. The maximum absolute atomic E-state index is 3.79. The average molecular weight is 651 g/mol. The summed E-state index contributed by atoms with van der Waals surface area (Å²) in [6, 6.07) is 14.7. The lowest BCUT2D eigenvalue weighted by Crippen LogP contribution is -2.16. The van der Waals surface area contributed by atoms with Gasteiger partial charge in [0.15, 0.2) is 0 Å². The maximum Gasteiger partial charge on any atom is 0.129 e. The van der Waals surface area contributed by atoms with Crippen LogP contribution in [0.5, 0.6) is 0 Å². The highest BCUT2D eigenvalue weighted by atomic mass is 32.1. The van der Waals surface area contributed by atoms with Gasteiger partial charge in [0.25, 0.3) is 0 Å². The standard InChI is InChI=1S/C40H50S2Si2/c1-9-11-13-15-17-31-23-29-25-35-33(19-21-43(3,4)5)38-28-40-30(24-32(42-40)18-16-14-12-10-2)26-36(38)34(20-22-44(6,7)8)37(35)27-39(29)41-31/h23-28H,9-18H2,1-8H3. The second-order valence-electron chi connectivity index (χ2n) is 14.7. The summed E-state index contributed by atoms with van der Waals surface area (Å²) in [7, 11) is -3.18. The molecule has 0 unspecified atom stereocenters. The average Bonchev–Trinajstić information content (AvgIpc) is 3.54. The molecule has 0 amide bonds. The SMILES string of the molecule is CCCCCCc1cc2cc3c(C#C[Si](C)(C)C)c4cc5sc(CCCCCC)cc5cc4c(C#C[Si](C)(C)C)c3cc2s1. The maximum atomic E-state index is 3.79. The molecule has 44 heavy (non-hydrogen) atoms. The van der Waals surface area contributed by atoms with Crippen molar-refractivity contribution in [3.63, 3.8) is 0 Å². The summed E-state index contributed by atoms with van der Waals surface area (Å²) in [6.45, 7) is 18.7. The van der Waals surface area contributed by atoms with Crippen LogP contribution in [0, 0.1) is 22.9 Å². The van der Waals surface area contributed by atoms with E-state index in [-0.39, 0.29) is 0 Å². The zero-order chi connectivity index (χ0) is 31.5. The minimum atomic E-state index is -1.59. The molecule has 0 N–H and O–H groups in total. The molecule has 2 aromatic heterocycles.